The van der Waals surface area contributed by atoms with E-state index in [0.717, 1.165) is 24.0 Å². The zero-order valence-corrected chi connectivity index (χ0v) is 24.6. The summed E-state index contributed by atoms with van der Waals surface area (Å²) in [5.41, 5.74) is 2.18. The molecule has 9 heteroatoms. The van der Waals surface area contributed by atoms with Crippen molar-refractivity contribution < 1.29 is 23.8 Å². The predicted octanol–water partition coefficient (Wildman–Crippen LogP) is 3.62. The van der Waals surface area contributed by atoms with Gasteiger partial charge in [0, 0.05) is 37.2 Å². The van der Waals surface area contributed by atoms with Crippen molar-refractivity contribution in [3.05, 3.63) is 65.0 Å². The molecule has 1 saturated carbocycles. The number of thioether (sulfide) groups is 1. The third kappa shape index (κ3) is 8.25. The Morgan fingerprint density at radius 1 is 1.27 bits per heavy atom. The Labute approximate surface area is 246 Å². The lowest BCUT2D eigenvalue weighted by atomic mass is 9.98. The minimum atomic E-state index is -0.988. The molecule has 4 rings (SSSR count). The number of aliphatic hydroxyl groups is 1. The van der Waals surface area contributed by atoms with E-state index in [1.165, 1.54) is 17.0 Å². The van der Waals surface area contributed by atoms with Crippen LogP contribution in [0.4, 0.5) is 4.39 Å². The average Bonchev–Trinajstić information content (AvgIpc) is 3.76. The molecular weight excluding hydrogens is 541 g/mol. The zero-order valence-electron chi connectivity index (χ0n) is 23.8. The molecule has 7 nitrogen and oxygen atoms in total. The molecule has 41 heavy (non-hydrogen) atoms. The van der Waals surface area contributed by atoms with Gasteiger partial charge in [0.05, 0.1) is 18.8 Å². The highest BCUT2D eigenvalue weighted by atomic mass is 32.2. The van der Waals surface area contributed by atoms with E-state index in [0.29, 0.717) is 42.9 Å². The second-order valence-corrected chi connectivity index (χ2v) is 12.0. The molecule has 0 unspecified atom stereocenters. The van der Waals surface area contributed by atoms with Gasteiger partial charge >= 0.3 is 0 Å². The monoisotopic (exact) mass is 581 g/mol. The van der Waals surface area contributed by atoms with Crippen molar-refractivity contribution in [2.75, 3.05) is 32.2 Å². The molecule has 1 fully saturated rings. The maximum Gasteiger partial charge on any atom is 0.243 e. The Bertz CT molecular complexity index is 1260. The fourth-order valence-electron chi connectivity index (χ4n) is 5.33. The van der Waals surface area contributed by atoms with Crippen molar-refractivity contribution in [1.82, 2.24) is 15.5 Å². The highest BCUT2D eigenvalue weighted by Crippen LogP contribution is 2.45. The minimum absolute atomic E-state index is 0.114. The van der Waals surface area contributed by atoms with Crippen molar-refractivity contribution in [3.63, 3.8) is 0 Å². The molecule has 2 aliphatic rings. The quantitative estimate of drug-likeness (QED) is 0.413. The van der Waals surface area contributed by atoms with Crippen molar-refractivity contribution in [3.8, 4) is 18.1 Å². The second kappa shape index (κ2) is 14.2. The minimum Gasteiger partial charge on any atom is -0.493 e. The molecule has 0 saturated heterocycles. The third-order valence-corrected chi connectivity index (χ3v) is 8.62. The number of benzene rings is 2. The van der Waals surface area contributed by atoms with E-state index < -0.39 is 24.0 Å². The number of hydrogen-bond donors (Lipinski definition) is 3. The summed E-state index contributed by atoms with van der Waals surface area (Å²) in [4.78, 5) is 28.1. The van der Waals surface area contributed by atoms with Crippen LogP contribution in [0.3, 0.4) is 0 Å². The Morgan fingerprint density at radius 2 is 2.07 bits per heavy atom. The van der Waals surface area contributed by atoms with Gasteiger partial charge in [0.25, 0.3) is 0 Å². The van der Waals surface area contributed by atoms with Gasteiger partial charge in [-0.1, -0.05) is 18.1 Å². The molecule has 0 radical (unpaired) electrons. The number of likely N-dealkylation sites (N-methyl/N-ethyl adjacent to an activating group) is 1. The number of aliphatic hydroxyl groups excluding tert-OH is 1. The molecule has 1 aliphatic heterocycles. The van der Waals surface area contributed by atoms with Crippen LogP contribution in [0.5, 0.6) is 5.75 Å². The van der Waals surface area contributed by atoms with Gasteiger partial charge < -0.3 is 25.4 Å². The SMILES string of the molecule is C#Cc1cccc(C2(NC[C@@H](O)[C@@H]3Cc4cc(F)cc(c4)OCCCCC(=O)N(C)[C@@H](CCSC)C(=O)N3)CC2)c1. The van der Waals surface area contributed by atoms with E-state index in [1.807, 2.05) is 30.5 Å². The first-order chi connectivity index (χ1) is 19.7. The van der Waals surface area contributed by atoms with E-state index in [4.69, 9.17) is 11.2 Å². The van der Waals surface area contributed by atoms with E-state index in [2.05, 4.69) is 16.6 Å². The van der Waals surface area contributed by atoms with Gasteiger partial charge in [-0.3, -0.25) is 9.59 Å². The molecule has 3 atom stereocenters. The molecule has 2 aromatic carbocycles. The lowest BCUT2D eigenvalue weighted by Gasteiger charge is -2.32. The number of carbonyl (C=O) groups is 2. The first kappa shape index (κ1) is 30.9. The normalized spacial score (nSPS) is 22.0. The number of ether oxygens (including phenoxy) is 1. The number of hydrogen-bond acceptors (Lipinski definition) is 6. The summed E-state index contributed by atoms with van der Waals surface area (Å²) in [6.45, 7) is 0.556. The molecule has 2 bridgehead atoms. The van der Waals surface area contributed by atoms with Crippen LogP contribution in [0.2, 0.25) is 0 Å². The van der Waals surface area contributed by atoms with Gasteiger partial charge in [0.15, 0.2) is 0 Å². The van der Waals surface area contributed by atoms with Gasteiger partial charge in [0.2, 0.25) is 11.8 Å². The number of halogens is 1. The number of nitrogens with one attached hydrogen (secondary N) is 2. The number of rotatable bonds is 8. The molecule has 1 aliphatic carbocycles. The maximum absolute atomic E-state index is 14.5. The Kier molecular flexibility index (Phi) is 10.7. The topological polar surface area (TPSA) is 90.9 Å². The summed E-state index contributed by atoms with van der Waals surface area (Å²) in [7, 11) is 1.66. The van der Waals surface area contributed by atoms with E-state index in [9.17, 15) is 19.1 Å². The molecular formula is C32H40FN3O4S. The van der Waals surface area contributed by atoms with E-state index >= 15 is 0 Å². The van der Waals surface area contributed by atoms with Gasteiger partial charge in [-0.15, -0.1) is 6.42 Å². The van der Waals surface area contributed by atoms with Crippen LogP contribution in [0, 0.1) is 18.2 Å². The average molecular weight is 582 g/mol. The molecule has 0 spiro atoms. The lowest BCUT2D eigenvalue weighted by molar-refractivity contribution is -0.139. The molecule has 1 heterocycles. The van der Waals surface area contributed by atoms with Crippen LogP contribution in [0.1, 0.15) is 55.2 Å². The summed E-state index contributed by atoms with van der Waals surface area (Å²) in [5.74, 6) is 2.87. The van der Waals surface area contributed by atoms with Gasteiger partial charge in [0.1, 0.15) is 17.6 Å². The van der Waals surface area contributed by atoms with Gasteiger partial charge in [-0.05, 0) is 85.9 Å². The largest absolute Gasteiger partial charge is 0.493 e. The predicted molar refractivity (Wildman–Crippen MR) is 160 cm³/mol. The van der Waals surface area contributed by atoms with Crippen LogP contribution < -0.4 is 15.4 Å². The van der Waals surface area contributed by atoms with Gasteiger partial charge in [-0.2, -0.15) is 11.8 Å². The summed E-state index contributed by atoms with van der Waals surface area (Å²) in [6, 6.07) is 10.9. The standard InChI is InChI=1S/C32H40FN3O4S/c1-4-22-8-7-9-24(16-22)32(12-13-32)34-21-29(37)27-19-23-17-25(33)20-26(18-23)40-14-6-5-10-30(38)36(2)28(11-15-41-3)31(39)35-27/h1,7-9,16-18,20,27-29,34,37H,5-6,10-15,19,21H2,2-3H3,(H,35,39)/t27-,28-,29+/m0/s1. The Morgan fingerprint density at radius 3 is 2.80 bits per heavy atom. The van der Waals surface area contributed by atoms with E-state index in [1.54, 1.807) is 24.9 Å². The summed E-state index contributed by atoms with van der Waals surface area (Å²) >= 11 is 1.60. The first-order valence-electron chi connectivity index (χ1n) is 14.2. The van der Waals surface area contributed by atoms with Crippen molar-refractivity contribution in [2.24, 2.45) is 0 Å². The van der Waals surface area contributed by atoms with Crippen LogP contribution in [-0.2, 0) is 21.5 Å². The second-order valence-electron chi connectivity index (χ2n) is 11.0. The summed E-state index contributed by atoms with van der Waals surface area (Å²) in [6.07, 6.45) is 10.6. The molecule has 220 valence electrons. The number of amides is 2. The van der Waals surface area contributed by atoms with Crippen molar-refractivity contribution in [2.45, 2.75) is 68.7 Å². The van der Waals surface area contributed by atoms with Gasteiger partial charge in [-0.25, -0.2) is 4.39 Å². The van der Waals surface area contributed by atoms with Crippen molar-refractivity contribution >= 4 is 23.6 Å². The number of carbonyl (C=O) groups excluding carboxylic acids is 2. The summed E-state index contributed by atoms with van der Waals surface area (Å²) < 4.78 is 20.3. The summed E-state index contributed by atoms with van der Waals surface area (Å²) in [5, 5.41) is 18.0. The lowest BCUT2D eigenvalue weighted by Crippen LogP contribution is -2.55. The van der Waals surface area contributed by atoms with Crippen LogP contribution in [0.25, 0.3) is 0 Å². The Hall–Kier alpha value is -3.06. The number of nitrogens with zero attached hydrogens (tertiary/aromatic N) is 1. The number of fused-ring (bicyclic) bond motifs is 2. The molecule has 3 N–H and O–H groups in total. The third-order valence-electron chi connectivity index (χ3n) is 7.97. The highest BCUT2D eigenvalue weighted by molar-refractivity contribution is 7.98. The highest BCUT2D eigenvalue weighted by Gasteiger charge is 2.44. The molecule has 2 amide bonds. The maximum atomic E-state index is 14.5. The zero-order chi connectivity index (χ0) is 29.4. The van der Waals surface area contributed by atoms with Crippen LogP contribution >= 0.6 is 11.8 Å². The fraction of sp³-hybridized carbons (Fsp3) is 0.500. The van der Waals surface area contributed by atoms with Crippen LogP contribution in [0.15, 0.2) is 42.5 Å². The Balaban J connectivity index is 1.58. The van der Waals surface area contributed by atoms with Crippen LogP contribution in [-0.4, -0.2) is 72.2 Å². The smallest absolute Gasteiger partial charge is 0.243 e. The fourth-order valence-corrected chi connectivity index (χ4v) is 5.79. The number of terminal acetylenes is 1. The molecule has 2 aromatic rings. The first-order valence-corrected chi connectivity index (χ1v) is 15.6. The molecule has 0 aromatic heterocycles. The van der Waals surface area contributed by atoms with Crippen molar-refractivity contribution in [1.29, 1.82) is 0 Å². The van der Waals surface area contributed by atoms with E-state index in [-0.39, 0.29) is 36.7 Å².